The van der Waals surface area contributed by atoms with Gasteiger partial charge in [0.1, 0.15) is 5.58 Å². The second-order valence-electron chi connectivity index (χ2n) is 12.6. The maximum atomic E-state index is 8.27. The van der Waals surface area contributed by atoms with Gasteiger partial charge >= 0.3 is 106 Å². The number of aryl methyl sites for hydroxylation is 1. The van der Waals surface area contributed by atoms with Crippen LogP contribution >= 0.6 is 0 Å². The van der Waals surface area contributed by atoms with Gasteiger partial charge < -0.3 is 9.40 Å². The molecule has 0 aliphatic heterocycles. The molecule has 3 heterocycles. The van der Waals surface area contributed by atoms with Crippen LogP contribution in [0.3, 0.4) is 0 Å². The van der Waals surface area contributed by atoms with Crippen molar-refractivity contribution >= 4 is 39.6 Å². The van der Waals surface area contributed by atoms with Gasteiger partial charge in [-0.3, -0.25) is 0 Å². The quantitative estimate of drug-likeness (QED) is 0.128. The molecule has 0 bridgehead atoms. The molecular weight excluding hydrogens is 801 g/mol. The van der Waals surface area contributed by atoms with Gasteiger partial charge in [-0.05, 0) is 40.2 Å². The molecule has 0 saturated carbocycles. The second-order valence-corrected chi connectivity index (χ2v) is 23.2. The molecule has 3 aromatic heterocycles. The van der Waals surface area contributed by atoms with Gasteiger partial charge in [0.2, 0.25) is 0 Å². The summed E-state index contributed by atoms with van der Waals surface area (Å²) < 4.78 is 15.8. The molecule has 0 aliphatic carbocycles. The Hall–Kier alpha value is -3.83. The molecule has 0 spiro atoms. The van der Waals surface area contributed by atoms with Crippen molar-refractivity contribution in [1.82, 2.24) is 9.97 Å². The van der Waals surface area contributed by atoms with Crippen LogP contribution in [-0.4, -0.2) is 23.2 Å². The molecule has 233 valence electrons. The van der Waals surface area contributed by atoms with Crippen LogP contribution in [0.1, 0.15) is 32.2 Å². The fourth-order valence-corrected chi connectivity index (χ4v) is 9.18. The summed E-state index contributed by atoms with van der Waals surface area (Å²) in [5, 5.41) is 2.12. The predicted octanol–water partition coefficient (Wildman–Crippen LogP) is 10.6. The molecule has 0 fully saturated rings. The van der Waals surface area contributed by atoms with E-state index in [-0.39, 0.29) is 20.1 Å². The first-order valence-corrected chi connectivity index (χ1v) is 22.7. The van der Waals surface area contributed by atoms with E-state index in [1.807, 2.05) is 74.5 Å². The largest absolute Gasteiger partial charge is 0.477 e. The molecule has 0 amide bonds. The van der Waals surface area contributed by atoms with Crippen molar-refractivity contribution in [3.63, 3.8) is 0 Å². The van der Waals surface area contributed by atoms with E-state index in [1.54, 1.807) is 6.20 Å². The molecule has 0 N–H and O–H groups in total. The van der Waals surface area contributed by atoms with Crippen LogP contribution in [-0.2, 0) is 20.1 Å². The van der Waals surface area contributed by atoms with E-state index in [0.717, 1.165) is 55.6 Å². The summed E-state index contributed by atoms with van der Waals surface area (Å²) in [6, 6.07) is 41.4. The summed E-state index contributed by atoms with van der Waals surface area (Å²) in [5.41, 5.74) is 9.98. The smallest absolute Gasteiger partial charge is 0.123 e. The number of aromatic nitrogens is 2. The monoisotopic (exact) mass is 842 g/mol. The van der Waals surface area contributed by atoms with Gasteiger partial charge in [0, 0.05) is 27.7 Å². The Morgan fingerprint density at radius 1 is 0.761 bits per heavy atom. The fraction of sp³-hybridized carbons (Fsp3) is 0.171. The van der Waals surface area contributed by atoms with Gasteiger partial charge in [-0.25, -0.2) is 0 Å². The van der Waals surface area contributed by atoms with Crippen molar-refractivity contribution in [2.75, 3.05) is 0 Å². The third kappa shape index (κ3) is 7.42. The molecule has 7 aromatic rings. The number of hydrogen-bond acceptors (Lipinski definition) is 3. The van der Waals surface area contributed by atoms with E-state index in [2.05, 4.69) is 95.0 Å². The first kappa shape index (κ1) is 32.1. The van der Waals surface area contributed by atoms with Crippen molar-refractivity contribution in [1.29, 1.82) is 0 Å². The standard InChI is InChI=1S/C26H20NO.C15H18GeN.Ir/c1-17(2)19-12-13-27-24(15-19)21-8-10-22-23-14-20(18-6-4-3-5-7-18)9-11-25(23)28-26(22)16-21;1-12-10-15(13-8-6-5-7-9-13)17-11-14(12)16(2,3)4;/h3-15,17H,1-2H3;5-8,10-11H,1-4H3;/q2*-1;/i17D;;. The number of nitrogens with zero attached hydrogens (tertiary/aromatic N) is 2. The SMILES string of the molecule is Cc1cc(-c2[c-]cccc2)nc[c]1[Ge]([CH3])([CH3])[CH3].[2H]C(C)(C)c1ccnc(-c2[c-]c3oc4ccc(-c5ccccc5)cc4c3cc2)c1.[Ir]. The summed E-state index contributed by atoms with van der Waals surface area (Å²) >= 11 is -1.77. The van der Waals surface area contributed by atoms with Gasteiger partial charge in [0.25, 0.3) is 0 Å². The van der Waals surface area contributed by atoms with Crippen molar-refractivity contribution in [2.24, 2.45) is 0 Å². The van der Waals surface area contributed by atoms with Gasteiger partial charge in [0.15, 0.2) is 0 Å². The zero-order valence-electron chi connectivity index (χ0n) is 28.1. The molecule has 7 rings (SSSR count). The molecular formula is C41H38GeIrN2O-2. The minimum Gasteiger partial charge on any atom is -0.477 e. The Kier molecular flexibility index (Phi) is 9.98. The maximum absolute atomic E-state index is 8.27. The Morgan fingerprint density at radius 2 is 1.52 bits per heavy atom. The number of benzene rings is 4. The Balaban J connectivity index is 0.000000207. The number of rotatable bonds is 5. The summed E-state index contributed by atoms with van der Waals surface area (Å²) in [6.45, 7) is 5.95. The normalized spacial score (nSPS) is 11.8. The van der Waals surface area contributed by atoms with Crippen LogP contribution in [0.5, 0.6) is 0 Å². The molecule has 1 radical (unpaired) electrons. The number of fused-ring (bicyclic) bond motifs is 3. The molecule has 0 unspecified atom stereocenters. The molecule has 5 heteroatoms. The average molecular weight is 841 g/mol. The van der Waals surface area contributed by atoms with E-state index in [4.69, 9.17) is 5.79 Å². The summed E-state index contributed by atoms with van der Waals surface area (Å²) in [6.07, 6.45) is 3.83. The number of hydrogen-bond donors (Lipinski definition) is 0. The summed E-state index contributed by atoms with van der Waals surface area (Å²) in [4.78, 5) is 9.07. The number of pyridine rings is 2. The Labute approximate surface area is 290 Å². The van der Waals surface area contributed by atoms with Gasteiger partial charge in [0.05, 0.1) is 5.58 Å². The van der Waals surface area contributed by atoms with E-state index >= 15 is 0 Å². The predicted molar refractivity (Wildman–Crippen MR) is 192 cm³/mol. The van der Waals surface area contributed by atoms with Crippen LogP contribution < -0.4 is 4.40 Å². The third-order valence-electron chi connectivity index (χ3n) is 8.02. The van der Waals surface area contributed by atoms with Crippen molar-refractivity contribution in [3.8, 4) is 33.6 Å². The van der Waals surface area contributed by atoms with Gasteiger partial charge in [-0.1, -0.05) is 79.4 Å². The maximum Gasteiger partial charge on any atom is 0.123 e. The van der Waals surface area contributed by atoms with Crippen molar-refractivity contribution < 1.29 is 25.9 Å². The average Bonchev–Trinajstić information content (AvgIpc) is 3.42. The number of furan rings is 1. The molecule has 0 saturated heterocycles. The van der Waals surface area contributed by atoms with E-state index in [9.17, 15) is 0 Å². The van der Waals surface area contributed by atoms with Crippen molar-refractivity contribution in [3.05, 3.63) is 139 Å². The first-order chi connectivity index (χ1) is 22.0. The van der Waals surface area contributed by atoms with Crippen LogP contribution in [0.15, 0.2) is 120 Å². The van der Waals surface area contributed by atoms with Gasteiger partial charge in [-0.15, -0.1) is 17.7 Å². The second kappa shape index (κ2) is 14.3. The van der Waals surface area contributed by atoms with Crippen LogP contribution in [0.25, 0.3) is 55.6 Å². The Morgan fingerprint density at radius 3 is 2.22 bits per heavy atom. The molecule has 4 aromatic carbocycles. The van der Waals surface area contributed by atoms with Crippen LogP contribution in [0, 0.1) is 19.1 Å². The summed E-state index contributed by atoms with van der Waals surface area (Å²) in [5.74, 6) is 6.53. The van der Waals surface area contributed by atoms with Crippen LogP contribution in [0.4, 0.5) is 0 Å². The zero-order valence-corrected chi connectivity index (χ0v) is 31.6. The zero-order chi connectivity index (χ0) is 32.5. The molecule has 46 heavy (non-hydrogen) atoms. The van der Waals surface area contributed by atoms with E-state index in [1.165, 1.54) is 15.5 Å². The van der Waals surface area contributed by atoms with Crippen molar-refractivity contribution in [2.45, 2.75) is 43.9 Å². The van der Waals surface area contributed by atoms with E-state index in [0.29, 0.717) is 0 Å². The third-order valence-corrected chi connectivity index (χ3v) is 12.5. The topological polar surface area (TPSA) is 38.9 Å². The molecule has 0 atom stereocenters. The summed E-state index contributed by atoms with van der Waals surface area (Å²) in [7, 11) is 0. The first-order valence-electron chi connectivity index (χ1n) is 15.8. The fourth-order valence-electron chi connectivity index (χ4n) is 5.60. The molecule has 3 nitrogen and oxygen atoms in total. The minimum atomic E-state index is -1.77. The minimum absolute atomic E-state index is 0. The molecule has 0 aliphatic rings. The van der Waals surface area contributed by atoms with Gasteiger partial charge in [-0.2, -0.15) is 0 Å². The van der Waals surface area contributed by atoms with E-state index < -0.39 is 19.2 Å². The van der Waals surface area contributed by atoms with Crippen LogP contribution in [0.2, 0.25) is 17.3 Å². The Bertz CT molecular complexity index is 2130.